The van der Waals surface area contributed by atoms with Crippen molar-refractivity contribution >= 4 is 18.1 Å². The maximum absolute atomic E-state index is 14.4. The Morgan fingerprint density at radius 2 is 2.29 bits per heavy atom. The molecule has 1 N–H and O–H groups in total. The molecule has 1 aromatic rings. The first kappa shape index (κ1) is 21.3. The van der Waals surface area contributed by atoms with Crippen LogP contribution in [0, 0.1) is 0 Å². The molecule has 0 bridgehead atoms. The number of rotatable bonds is 5. The number of allylic oxidation sites excluding steroid dienone is 1. The molecule has 9 heteroatoms. The van der Waals surface area contributed by atoms with Gasteiger partial charge in [0.1, 0.15) is 18.4 Å². The fourth-order valence-corrected chi connectivity index (χ4v) is 4.23. The molecule has 0 radical (unpaired) electrons. The summed E-state index contributed by atoms with van der Waals surface area (Å²) in [6.45, 7) is 5.89. The van der Waals surface area contributed by atoms with Crippen molar-refractivity contribution in [1.29, 1.82) is 0 Å². The summed E-state index contributed by atoms with van der Waals surface area (Å²) in [6, 6.07) is 1.69. The lowest BCUT2D eigenvalue weighted by Gasteiger charge is -2.36. The average Bonchev–Trinajstić information content (AvgIpc) is 2.77. The number of carbonyl (C=O) groups excluding carboxylic acids is 2. The van der Waals surface area contributed by atoms with E-state index in [1.807, 2.05) is 24.0 Å². The second kappa shape index (κ2) is 8.66. The maximum atomic E-state index is 14.4. The Morgan fingerprint density at radius 3 is 3.03 bits per heavy atom. The van der Waals surface area contributed by atoms with Gasteiger partial charge in [-0.15, -0.1) is 0 Å². The van der Waals surface area contributed by atoms with Crippen LogP contribution in [0.4, 0.5) is 10.2 Å². The molecule has 4 heterocycles. The summed E-state index contributed by atoms with van der Waals surface area (Å²) >= 11 is 0. The molecule has 1 saturated heterocycles. The number of nitrogens with one attached hydrogen (secondary N) is 1. The Kier molecular flexibility index (Phi) is 5.95. The molecule has 1 aromatic heterocycles. The van der Waals surface area contributed by atoms with Gasteiger partial charge in [0.15, 0.2) is 11.6 Å². The molecule has 0 aliphatic carbocycles. The van der Waals surface area contributed by atoms with E-state index in [0.717, 1.165) is 12.1 Å². The first-order valence-electron chi connectivity index (χ1n) is 10.7. The molecule has 31 heavy (non-hydrogen) atoms. The third kappa shape index (κ3) is 4.41. The molecular formula is C22H28FN5O3. The molecule has 2 unspecified atom stereocenters. The topological polar surface area (TPSA) is 78.0 Å². The number of likely N-dealkylation sites (tertiary alicyclic amines) is 1. The fourth-order valence-electron chi connectivity index (χ4n) is 4.23. The number of amides is 2. The van der Waals surface area contributed by atoms with E-state index in [1.54, 1.807) is 22.1 Å². The van der Waals surface area contributed by atoms with Gasteiger partial charge in [-0.2, -0.15) is 0 Å². The van der Waals surface area contributed by atoms with Gasteiger partial charge >= 0.3 is 0 Å². The molecular weight excluding hydrogens is 401 g/mol. The van der Waals surface area contributed by atoms with Crippen LogP contribution in [0.1, 0.15) is 37.0 Å². The lowest BCUT2D eigenvalue weighted by atomic mass is 9.96. The Hall–Kier alpha value is -2.94. The van der Waals surface area contributed by atoms with Gasteiger partial charge in [0, 0.05) is 24.6 Å². The average molecular weight is 429 g/mol. The molecule has 0 saturated carbocycles. The number of carbonyl (C=O) groups is 2. The highest BCUT2D eigenvalue weighted by atomic mass is 19.1. The Morgan fingerprint density at radius 1 is 1.45 bits per heavy atom. The molecule has 2 atom stereocenters. The van der Waals surface area contributed by atoms with E-state index in [2.05, 4.69) is 10.3 Å². The van der Waals surface area contributed by atoms with E-state index in [0.29, 0.717) is 56.2 Å². The first-order valence-corrected chi connectivity index (χ1v) is 10.7. The smallest absolute Gasteiger partial charge is 0.255 e. The zero-order valence-electron chi connectivity index (χ0n) is 17.9. The van der Waals surface area contributed by atoms with E-state index in [-0.39, 0.29) is 18.6 Å². The molecule has 3 aliphatic heterocycles. The fraction of sp³-hybridized carbons (Fsp3) is 0.500. The van der Waals surface area contributed by atoms with Crippen LogP contribution in [-0.4, -0.2) is 71.7 Å². The number of fused-ring (bicyclic) bond motifs is 1. The predicted octanol–water partition coefficient (Wildman–Crippen LogP) is 2.05. The number of pyridine rings is 1. The number of hydrogen-bond acceptors (Lipinski definition) is 6. The molecule has 3 aliphatic rings. The second-order valence-corrected chi connectivity index (χ2v) is 8.25. The van der Waals surface area contributed by atoms with Crippen molar-refractivity contribution in [3.8, 4) is 5.75 Å². The number of alkyl halides is 1. The minimum Gasteiger partial charge on any atom is -0.488 e. The molecule has 8 nitrogen and oxygen atoms in total. The summed E-state index contributed by atoms with van der Waals surface area (Å²) in [5.41, 5.74) is -0.0743. The zero-order valence-corrected chi connectivity index (χ0v) is 17.9. The Labute approximate surface area is 181 Å². The Bertz CT molecular complexity index is 916. The van der Waals surface area contributed by atoms with Gasteiger partial charge in [-0.25, -0.2) is 9.37 Å². The van der Waals surface area contributed by atoms with Crippen LogP contribution in [0.3, 0.4) is 0 Å². The number of ether oxygens (including phenoxy) is 1. The van der Waals surface area contributed by atoms with Crippen LogP contribution >= 0.6 is 0 Å². The molecule has 0 spiro atoms. The van der Waals surface area contributed by atoms with Crippen molar-refractivity contribution in [1.82, 2.24) is 20.1 Å². The highest BCUT2D eigenvalue weighted by Crippen LogP contribution is 2.34. The summed E-state index contributed by atoms with van der Waals surface area (Å²) in [5, 5.41) is 3.25. The number of aromatic nitrogens is 1. The normalized spacial score (nSPS) is 25.6. The van der Waals surface area contributed by atoms with Gasteiger partial charge in [-0.1, -0.05) is 6.92 Å². The standard InChI is InChI=1S/C22H28FN5O3/c1-3-24-19-12-17(5-8-27(19)15-29)28-9-10-31-18-11-16(13-25-20(18)28)21(30)26-7-4-6-22(2,23)14-26/h5,8,11-13,15,19,24H,3-4,6-7,9-10,14H2,1-2H3. The highest BCUT2D eigenvalue weighted by molar-refractivity contribution is 5.95. The molecule has 166 valence electrons. The number of piperidine rings is 1. The third-order valence-electron chi connectivity index (χ3n) is 5.76. The largest absolute Gasteiger partial charge is 0.488 e. The number of nitrogens with zero attached hydrogens (tertiary/aromatic N) is 4. The Balaban J connectivity index is 1.57. The third-order valence-corrected chi connectivity index (χ3v) is 5.76. The quantitative estimate of drug-likeness (QED) is 0.722. The lowest BCUT2D eigenvalue weighted by molar-refractivity contribution is -0.117. The van der Waals surface area contributed by atoms with Gasteiger partial charge in [0.25, 0.3) is 5.91 Å². The summed E-state index contributed by atoms with van der Waals surface area (Å²) in [5.74, 6) is 0.900. The van der Waals surface area contributed by atoms with Crippen LogP contribution in [0.25, 0.3) is 0 Å². The van der Waals surface area contributed by atoms with Crippen molar-refractivity contribution in [2.75, 3.05) is 37.7 Å². The maximum Gasteiger partial charge on any atom is 0.255 e. The van der Waals surface area contributed by atoms with E-state index in [9.17, 15) is 14.0 Å². The molecule has 1 fully saturated rings. The van der Waals surface area contributed by atoms with E-state index in [4.69, 9.17) is 4.74 Å². The highest BCUT2D eigenvalue weighted by Gasteiger charge is 2.34. The first-order chi connectivity index (χ1) is 14.9. The monoisotopic (exact) mass is 429 g/mol. The van der Waals surface area contributed by atoms with Crippen molar-refractivity contribution in [2.24, 2.45) is 0 Å². The minimum absolute atomic E-state index is 0.0899. The second-order valence-electron chi connectivity index (χ2n) is 8.25. The zero-order chi connectivity index (χ0) is 22.0. The summed E-state index contributed by atoms with van der Waals surface area (Å²) in [6.07, 6.45) is 8.72. The number of hydrogen-bond donors (Lipinski definition) is 1. The molecule has 2 amide bonds. The van der Waals surface area contributed by atoms with Crippen LogP contribution in [0.15, 0.2) is 36.3 Å². The van der Waals surface area contributed by atoms with Gasteiger partial charge in [-0.05, 0) is 44.5 Å². The van der Waals surface area contributed by atoms with Crippen molar-refractivity contribution in [2.45, 2.75) is 38.5 Å². The molecule has 4 rings (SSSR count). The van der Waals surface area contributed by atoms with Gasteiger partial charge < -0.3 is 19.4 Å². The van der Waals surface area contributed by atoms with Gasteiger partial charge in [-0.3, -0.25) is 14.9 Å². The number of anilines is 1. The number of likely N-dealkylation sites (N-methyl/N-ethyl adjacent to an activating group) is 1. The number of halogens is 1. The van der Waals surface area contributed by atoms with Crippen LogP contribution < -0.4 is 15.0 Å². The van der Waals surface area contributed by atoms with Crippen LogP contribution in [0.2, 0.25) is 0 Å². The minimum atomic E-state index is -1.36. The van der Waals surface area contributed by atoms with E-state index >= 15 is 0 Å². The van der Waals surface area contributed by atoms with Gasteiger partial charge in [0.05, 0.1) is 18.7 Å². The van der Waals surface area contributed by atoms with Crippen molar-refractivity contribution < 1.29 is 18.7 Å². The van der Waals surface area contributed by atoms with Crippen LogP contribution in [-0.2, 0) is 4.79 Å². The SMILES string of the molecule is CCNC1C=C(N2CCOc3cc(C(=O)N4CCCC(C)(F)C4)cnc32)C=CN1C=O. The van der Waals surface area contributed by atoms with Crippen LogP contribution in [0.5, 0.6) is 5.75 Å². The summed E-state index contributed by atoms with van der Waals surface area (Å²) < 4.78 is 20.2. The van der Waals surface area contributed by atoms with E-state index in [1.165, 1.54) is 13.1 Å². The van der Waals surface area contributed by atoms with Gasteiger partial charge in [0.2, 0.25) is 6.41 Å². The molecule has 0 aromatic carbocycles. The van der Waals surface area contributed by atoms with Crippen molar-refractivity contribution in [3.05, 3.63) is 41.9 Å². The predicted molar refractivity (Wildman–Crippen MR) is 114 cm³/mol. The summed E-state index contributed by atoms with van der Waals surface area (Å²) in [7, 11) is 0. The van der Waals surface area contributed by atoms with E-state index < -0.39 is 5.67 Å². The summed E-state index contributed by atoms with van der Waals surface area (Å²) in [4.78, 5) is 33.9. The lowest BCUT2D eigenvalue weighted by Crippen LogP contribution is -2.46. The van der Waals surface area contributed by atoms with Crippen molar-refractivity contribution in [3.63, 3.8) is 0 Å².